The Bertz CT molecular complexity index is 571. The van der Waals surface area contributed by atoms with Crippen LogP contribution in [0.2, 0.25) is 0 Å². The predicted molar refractivity (Wildman–Crippen MR) is 89.4 cm³/mol. The molecule has 0 saturated carbocycles. The number of carbonyl (C=O) groups excluding carboxylic acids is 2. The number of amides is 2. The summed E-state index contributed by atoms with van der Waals surface area (Å²) in [5.41, 5.74) is 1.38. The first-order valence-corrected chi connectivity index (χ1v) is 8.28. The van der Waals surface area contributed by atoms with Gasteiger partial charge in [0.25, 0.3) is 0 Å². The zero-order chi connectivity index (χ0) is 16.4. The highest BCUT2D eigenvalue weighted by molar-refractivity contribution is 7.38. The van der Waals surface area contributed by atoms with Crippen LogP contribution in [0.3, 0.4) is 0 Å². The van der Waals surface area contributed by atoms with Crippen molar-refractivity contribution in [2.45, 2.75) is 44.9 Å². The van der Waals surface area contributed by atoms with E-state index < -0.39 is 5.60 Å². The smallest absolute Gasteiger partial charge is 0.413 e. The molecule has 0 bridgehead atoms. The Kier molecular flexibility index (Phi) is 4.76. The molecule has 2 amide bonds. The number of nitrogens with one attached hydrogen (secondary N) is 1. The van der Waals surface area contributed by atoms with Crippen LogP contribution in [0.4, 0.5) is 10.5 Å². The van der Waals surface area contributed by atoms with E-state index in [9.17, 15) is 9.59 Å². The van der Waals surface area contributed by atoms with Crippen LogP contribution in [0, 0.1) is 0 Å². The molecule has 5 nitrogen and oxygen atoms in total. The van der Waals surface area contributed by atoms with Gasteiger partial charge in [-0.2, -0.15) is 0 Å². The molecule has 120 valence electrons. The van der Waals surface area contributed by atoms with Crippen molar-refractivity contribution < 1.29 is 14.3 Å². The van der Waals surface area contributed by atoms with Gasteiger partial charge in [-0.15, -0.1) is 0 Å². The molecular formula is C16H23N2O3P. The van der Waals surface area contributed by atoms with Crippen molar-refractivity contribution in [3.05, 3.63) is 29.8 Å². The molecule has 1 aliphatic heterocycles. The topological polar surface area (TPSA) is 58.6 Å². The molecule has 1 aromatic rings. The van der Waals surface area contributed by atoms with Crippen LogP contribution in [0.15, 0.2) is 24.3 Å². The van der Waals surface area contributed by atoms with E-state index in [0.29, 0.717) is 21.7 Å². The van der Waals surface area contributed by atoms with E-state index in [1.165, 1.54) is 0 Å². The molecule has 1 aliphatic rings. The first kappa shape index (κ1) is 16.8. The molecule has 22 heavy (non-hydrogen) atoms. The van der Waals surface area contributed by atoms with Crippen molar-refractivity contribution in [1.82, 2.24) is 4.67 Å². The van der Waals surface area contributed by atoms with Crippen molar-refractivity contribution in [2.24, 2.45) is 0 Å². The average molecular weight is 322 g/mol. The molecule has 2 rings (SSSR count). The SMILES string of the molecule is CC(C)(C)OC(=O)N1CCC(C)(c2ccccc2NC=O)P1. The monoisotopic (exact) mass is 322 g/mol. The maximum absolute atomic E-state index is 12.2. The zero-order valence-corrected chi connectivity index (χ0v) is 14.5. The van der Waals surface area contributed by atoms with E-state index in [-0.39, 0.29) is 11.2 Å². The van der Waals surface area contributed by atoms with Crippen LogP contribution in [-0.4, -0.2) is 29.3 Å². The van der Waals surface area contributed by atoms with Crippen LogP contribution >= 0.6 is 8.73 Å². The number of benzene rings is 1. The lowest BCUT2D eigenvalue weighted by atomic mass is 9.95. The van der Waals surface area contributed by atoms with Gasteiger partial charge in [-0.05, 0) is 54.5 Å². The van der Waals surface area contributed by atoms with Crippen molar-refractivity contribution in [3.8, 4) is 0 Å². The maximum atomic E-state index is 12.2. The third kappa shape index (κ3) is 3.77. The highest BCUT2D eigenvalue weighted by atomic mass is 31.1. The molecule has 1 heterocycles. The first-order valence-electron chi connectivity index (χ1n) is 7.33. The van der Waals surface area contributed by atoms with Gasteiger partial charge >= 0.3 is 6.09 Å². The van der Waals surface area contributed by atoms with E-state index in [1.807, 2.05) is 45.0 Å². The van der Waals surface area contributed by atoms with Crippen LogP contribution in [0.5, 0.6) is 0 Å². The first-order chi connectivity index (χ1) is 10.2. The summed E-state index contributed by atoms with van der Waals surface area (Å²) in [6.45, 7) is 8.40. The van der Waals surface area contributed by atoms with Crippen LogP contribution in [0.25, 0.3) is 0 Å². The molecule has 0 aliphatic carbocycles. The van der Waals surface area contributed by atoms with Gasteiger partial charge in [-0.25, -0.2) is 4.79 Å². The third-order valence-electron chi connectivity index (χ3n) is 3.57. The minimum atomic E-state index is -0.489. The molecular weight excluding hydrogens is 299 g/mol. The lowest BCUT2D eigenvalue weighted by molar-refractivity contribution is -0.105. The molecule has 2 unspecified atom stereocenters. The van der Waals surface area contributed by atoms with Crippen molar-refractivity contribution in [1.29, 1.82) is 0 Å². The maximum Gasteiger partial charge on any atom is 0.413 e. The predicted octanol–water partition coefficient (Wildman–Crippen LogP) is 3.70. The molecule has 1 N–H and O–H groups in total. The Morgan fingerprint density at radius 1 is 1.41 bits per heavy atom. The second kappa shape index (κ2) is 6.25. The van der Waals surface area contributed by atoms with Crippen molar-refractivity contribution in [2.75, 3.05) is 11.9 Å². The third-order valence-corrected chi connectivity index (χ3v) is 5.26. The summed E-state index contributed by atoms with van der Waals surface area (Å²) in [5.74, 6) is 0. The van der Waals surface area contributed by atoms with E-state index in [4.69, 9.17) is 4.74 Å². The van der Waals surface area contributed by atoms with Gasteiger partial charge < -0.3 is 10.1 Å². The lowest BCUT2D eigenvalue weighted by Crippen LogP contribution is -2.30. The van der Waals surface area contributed by atoms with Crippen molar-refractivity contribution in [3.63, 3.8) is 0 Å². The van der Waals surface area contributed by atoms with E-state index in [0.717, 1.165) is 17.7 Å². The Morgan fingerprint density at radius 3 is 2.73 bits per heavy atom. The quantitative estimate of drug-likeness (QED) is 0.682. The number of rotatable bonds is 3. The second-order valence-electron chi connectivity index (χ2n) is 6.63. The highest BCUT2D eigenvalue weighted by Gasteiger charge is 2.40. The number of carbonyl (C=O) groups is 2. The van der Waals surface area contributed by atoms with Gasteiger partial charge in [0, 0.05) is 17.4 Å². The number of ether oxygens (including phenoxy) is 1. The summed E-state index contributed by atoms with van der Waals surface area (Å²) in [4.78, 5) is 23.0. The van der Waals surface area contributed by atoms with Gasteiger partial charge in [0.15, 0.2) is 0 Å². The Balaban J connectivity index is 2.17. The van der Waals surface area contributed by atoms with Gasteiger partial charge in [-0.1, -0.05) is 18.2 Å². The zero-order valence-electron chi connectivity index (χ0n) is 13.5. The fourth-order valence-corrected chi connectivity index (χ4v) is 4.07. The fourth-order valence-electron chi connectivity index (χ4n) is 2.55. The molecule has 1 saturated heterocycles. The van der Waals surface area contributed by atoms with Gasteiger partial charge in [-0.3, -0.25) is 9.46 Å². The van der Waals surface area contributed by atoms with E-state index in [1.54, 1.807) is 4.67 Å². The summed E-state index contributed by atoms with van der Waals surface area (Å²) in [6.07, 6.45) is 1.27. The lowest BCUT2D eigenvalue weighted by Gasteiger charge is -2.28. The summed E-state index contributed by atoms with van der Waals surface area (Å²) >= 11 is 0. The molecule has 0 radical (unpaired) electrons. The van der Waals surface area contributed by atoms with Crippen molar-refractivity contribution >= 4 is 26.9 Å². The second-order valence-corrected chi connectivity index (χ2v) is 8.50. The largest absolute Gasteiger partial charge is 0.444 e. The normalized spacial score (nSPS) is 22.6. The standard InChI is InChI=1S/C16H23N2O3P/c1-15(2,3)21-14(20)18-10-9-16(4,22-18)12-7-5-6-8-13(12)17-11-19/h5-8,11,22H,9-10H2,1-4H3,(H,17,19). The average Bonchev–Trinajstić information content (AvgIpc) is 2.82. The number of anilines is 1. The van der Waals surface area contributed by atoms with Crippen LogP contribution < -0.4 is 5.32 Å². The molecule has 6 heteroatoms. The number of nitrogens with zero attached hydrogens (tertiary/aromatic N) is 1. The number of hydrogen-bond acceptors (Lipinski definition) is 3. The van der Waals surface area contributed by atoms with Gasteiger partial charge in [0.2, 0.25) is 6.41 Å². The van der Waals surface area contributed by atoms with Crippen LogP contribution in [0.1, 0.15) is 39.7 Å². The molecule has 2 atom stereocenters. The Morgan fingerprint density at radius 2 is 2.09 bits per heavy atom. The van der Waals surface area contributed by atoms with Crippen LogP contribution in [-0.2, 0) is 14.7 Å². The molecule has 1 fully saturated rings. The molecule has 0 spiro atoms. The number of hydrogen-bond donors (Lipinski definition) is 1. The van der Waals surface area contributed by atoms with Gasteiger partial charge in [0.1, 0.15) is 5.60 Å². The van der Waals surface area contributed by atoms with E-state index in [2.05, 4.69) is 12.2 Å². The summed E-state index contributed by atoms with van der Waals surface area (Å²) < 4.78 is 7.22. The molecule has 0 aromatic heterocycles. The summed E-state index contributed by atoms with van der Waals surface area (Å²) in [6, 6.07) is 7.74. The fraction of sp³-hybridized carbons (Fsp3) is 0.500. The highest BCUT2D eigenvalue weighted by Crippen LogP contribution is 2.53. The van der Waals surface area contributed by atoms with Gasteiger partial charge in [0.05, 0.1) is 0 Å². The minimum absolute atomic E-state index is 0.163. The summed E-state index contributed by atoms with van der Waals surface area (Å²) in [5, 5.41) is 2.59. The summed E-state index contributed by atoms with van der Waals surface area (Å²) in [7, 11) is 0.291. The number of para-hydroxylation sites is 1. The minimum Gasteiger partial charge on any atom is -0.444 e. The van der Waals surface area contributed by atoms with E-state index >= 15 is 0 Å². The Labute approximate surface area is 133 Å². The molecule has 1 aromatic carbocycles. The Hall–Kier alpha value is -1.61.